The minimum Gasteiger partial charge on any atom is -0.345 e. The average Bonchev–Trinajstić information content (AvgIpc) is 1.61. The quantitative estimate of drug-likeness (QED) is 0.147. The van der Waals surface area contributed by atoms with Crippen LogP contribution in [-0.4, -0.2) is 62.9 Å². The van der Waals surface area contributed by atoms with Gasteiger partial charge in [-0.15, -0.1) is 11.3 Å². The molecule has 122 heavy (non-hydrogen) atoms. The fourth-order valence-electron chi connectivity index (χ4n) is 14.0. The SMILES string of the molecule is CC(C)(C)c1ccc2c(c1)N=NC2.CC(C)(C)c1ccc2c(c1)S(=O)(=O)C=C2.CC(C)(C)c1ccc2nc[nH]c2c1.CC(C)(C)c1ccc2nccnc2c1.CC(C)(C)c1cccc2c1CCC2.CC(C)(C)c1cccn2ncnc12.CC(C)(C)c1cnc2ccccc2c1.CC(C)(C)c1nc2ccccc2[nH]1.Cc1nc2cc(C(C)(C)C)ccc2s1. The van der Waals surface area contributed by atoms with Crippen LogP contribution < -0.4 is 0 Å². The molecule has 3 aliphatic rings. The Morgan fingerprint density at radius 3 is 1.63 bits per heavy atom. The number of aromatic amines is 2. The van der Waals surface area contributed by atoms with Crippen LogP contribution in [0.2, 0.25) is 0 Å². The standard InChI is InChI=1S/C13H15N.C13H18.C12H14N2.C12H15NS.C12H14O2S.3C11H14N2.C10H13N3/c1-13(2,3)11-8-10-6-4-5-7-12(10)14-9-11;1-13(2,3)12-9-5-7-10-6-4-8-11(10)12;1-12(2,3)9-4-5-10-11(8-9)14-7-6-13-10;1-8-13-10-7-9(12(2,3)4)5-6-11(10)14-8;1-12(2,3)10-5-4-9-6-7-15(13,14)11(9)8-10;1-11(2,3)9-5-4-8-7-12-13-10(8)6-9;1-11(2,3)8-4-5-9-10(6-8)13-7-12-9;1-11(2,3)10-12-8-6-4-5-7-9(8)13-10;1-10(2,3)8-5-4-6-13-9(8)11-7-12-13/h4-9H,1-3H3;5,7,9H,4,6,8H2,1-3H3;4-8H,1-3H3;5-7H,1-4H3;4-8H,1-3H3;4-6H,7H2,1-3H3;2*4-7H,1-3H3,(H,12,13);4-7H,1-3H3. The van der Waals surface area contributed by atoms with Gasteiger partial charge in [-0.3, -0.25) is 15.0 Å². The fourth-order valence-corrected chi connectivity index (χ4v) is 16.0. The number of pyridine rings is 2. The Morgan fingerprint density at radius 2 is 0.992 bits per heavy atom. The zero-order valence-electron chi connectivity index (χ0n) is 77.7. The van der Waals surface area contributed by atoms with Crippen LogP contribution in [0.25, 0.3) is 65.9 Å². The number of aromatic nitrogens is 11. The summed E-state index contributed by atoms with van der Waals surface area (Å²) < 4.78 is 26.4. The van der Waals surface area contributed by atoms with E-state index in [-0.39, 0.29) is 43.3 Å². The van der Waals surface area contributed by atoms with Crippen LogP contribution in [-0.2, 0) is 78.0 Å². The molecule has 18 rings (SSSR count). The van der Waals surface area contributed by atoms with Gasteiger partial charge in [-0.25, -0.2) is 32.9 Å². The molecule has 15 nitrogen and oxygen atoms in total. The van der Waals surface area contributed by atoms with Crippen molar-refractivity contribution in [1.82, 2.24) is 54.5 Å². The average molecular weight is 1670 g/mol. The molecule has 0 amide bonds. The fraction of sp³-hybridized carbons (Fsp3) is 0.390. The first-order chi connectivity index (χ1) is 56.8. The van der Waals surface area contributed by atoms with E-state index in [2.05, 4.69) is 369 Å². The van der Waals surface area contributed by atoms with Crippen molar-refractivity contribution in [3.8, 4) is 0 Å². The highest BCUT2D eigenvalue weighted by Gasteiger charge is 2.27. The van der Waals surface area contributed by atoms with E-state index in [1.54, 1.807) is 69.7 Å². The molecule has 0 bridgehead atoms. The molecule has 0 saturated heterocycles. The van der Waals surface area contributed by atoms with Gasteiger partial charge in [-0.2, -0.15) is 15.3 Å². The van der Waals surface area contributed by atoms with Gasteiger partial charge in [0.2, 0.25) is 0 Å². The lowest BCUT2D eigenvalue weighted by Crippen LogP contribution is -2.13. The first-order valence-electron chi connectivity index (χ1n) is 42.6. The Hall–Kier alpha value is -10.8. The summed E-state index contributed by atoms with van der Waals surface area (Å²) in [5.74, 6) is 1.05. The maximum absolute atomic E-state index is 11.6. The van der Waals surface area contributed by atoms with Crippen LogP contribution in [0.15, 0.2) is 234 Å². The number of azo groups is 1. The molecule has 640 valence electrons. The Morgan fingerprint density at radius 1 is 0.426 bits per heavy atom. The summed E-state index contributed by atoms with van der Waals surface area (Å²) in [5.41, 5.74) is 27.7. The number of nitrogens with zero attached hydrogens (tertiary/aromatic N) is 11. The monoisotopic (exact) mass is 1670 g/mol. The molecule has 0 radical (unpaired) electrons. The van der Waals surface area contributed by atoms with E-state index in [0.29, 0.717) is 10.3 Å². The van der Waals surface area contributed by atoms with E-state index in [9.17, 15) is 8.42 Å². The summed E-state index contributed by atoms with van der Waals surface area (Å²) in [4.78, 5) is 37.3. The molecule has 17 heteroatoms. The van der Waals surface area contributed by atoms with E-state index in [0.717, 1.165) is 84.0 Å². The van der Waals surface area contributed by atoms with Crippen LogP contribution in [0.5, 0.6) is 0 Å². The smallest absolute Gasteiger partial charge is 0.200 e. The highest BCUT2D eigenvalue weighted by molar-refractivity contribution is 7.94. The first-order valence-corrected chi connectivity index (χ1v) is 45.0. The number of nitrogens with one attached hydrogen (secondary N) is 2. The number of aryl methyl sites for hydroxylation is 2. The third kappa shape index (κ3) is 25.0. The van der Waals surface area contributed by atoms with Crippen molar-refractivity contribution in [1.29, 1.82) is 0 Å². The molecule has 9 heterocycles. The molecular formula is C105H131N13O2S2. The van der Waals surface area contributed by atoms with Crippen molar-refractivity contribution in [3.63, 3.8) is 0 Å². The molecule has 1 aliphatic carbocycles. The van der Waals surface area contributed by atoms with Crippen LogP contribution in [0.4, 0.5) is 5.69 Å². The van der Waals surface area contributed by atoms with Gasteiger partial charge in [-0.1, -0.05) is 284 Å². The summed E-state index contributed by atoms with van der Waals surface area (Å²) in [6.07, 6.45) is 16.2. The lowest BCUT2D eigenvalue weighted by molar-refractivity contribution is 0.554. The van der Waals surface area contributed by atoms with Crippen molar-refractivity contribution in [2.75, 3.05) is 0 Å². The van der Waals surface area contributed by atoms with Gasteiger partial charge in [-0.05, 0) is 210 Å². The Bertz CT molecular complexity index is 6130. The lowest BCUT2D eigenvalue weighted by atomic mass is 9.83. The molecule has 0 atom stereocenters. The van der Waals surface area contributed by atoms with Gasteiger partial charge in [0.05, 0.1) is 77.3 Å². The van der Waals surface area contributed by atoms with Gasteiger partial charge in [0.15, 0.2) is 15.5 Å². The number of benzene rings is 8. The van der Waals surface area contributed by atoms with Gasteiger partial charge in [0.1, 0.15) is 12.2 Å². The largest absolute Gasteiger partial charge is 0.345 e. The summed E-state index contributed by atoms with van der Waals surface area (Å²) in [7, 11) is -3.17. The van der Waals surface area contributed by atoms with Gasteiger partial charge < -0.3 is 9.97 Å². The number of hydrogen-bond donors (Lipinski definition) is 2. The molecule has 0 fully saturated rings. The molecule has 0 spiro atoms. The molecule has 15 aromatic rings. The van der Waals surface area contributed by atoms with Crippen LogP contribution in [0.1, 0.15) is 271 Å². The van der Waals surface area contributed by atoms with Crippen molar-refractivity contribution in [2.24, 2.45) is 10.2 Å². The summed E-state index contributed by atoms with van der Waals surface area (Å²) in [6, 6.07) is 60.8. The van der Waals surface area contributed by atoms with Gasteiger partial charge in [0, 0.05) is 52.1 Å². The van der Waals surface area contributed by atoms with E-state index in [4.69, 9.17) is 0 Å². The number of thiazole rings is 1. The molecule has 2 N–H and O–H groups in total. The predicted octanol–water partition coefficient (Wildman–Crippen LogP) is 27.9. The van der Waals surface area contributed by atoms with Crippen molar-refractivity contribution < 1.29 is 8.42 Å². The number of H-pyrrole nitrogens is 2. The van der Waals surface area contributed by atoms with E-state index < -0.39 is 9.84 Å². The van der Waals surface area contributed by atoms with Crippen LogP contribution >= 0.6 is 11.3 Å². The maximum Gasteiger partial charge on any atom is 0.200 e. The van der Waals surface area contributed by atoms with Crippen molar-refractivity contribution in [3.05, 3.63) is 296 Å². The number of fused-ring (bicyclic) bond motifs is 9. The predicted molar refractivity (Wildman–Crippen MR) is 515 cm³/mol. The molecule has 0 unspecified atom stereocenters. The normalized spacial score (nSPS) is 13.5. The molecule has 0 saturated carbocycles. The number of hydrogen-bond acceptors (Lipinski definition) is 13. The Labute approximate surface area is 730 Å². The Kier molecular flexibility index (Phi) is 28.8. The summed E-state index contributed by atoms with van der Waals surface area (Å²) in [5, 5.41) is 15.8. The first kappa shape index (κ1) is 93.5. The highest BCUT2D eigenvalue weighted by atomic mass is 32.2. The molecule has 7 aromatic heterocycles. The topological polar surface area (TPSA) is 198 Å². The minimum atomic E-state index is -3.17. The maximum atomic E-state index is 11.6. The second kappa shape index (κ2) is 37.5. The number of para-hydroxylation sites is 3. The van der Waals surface area contributed by atoms with Crippen molar-refractivity contribution >= 4 is 92.8 Å². The number of rotatable bonds is 0. The zero-order chi connectivity index (χ0) is 89.3. The summed E-state index contributed by atoms with van der Waals surface area (Å²) in [6.45, 7) is 62.1. The third-order valence-corrected chi connectivity index (χ3v) is 24.0. The van der Waals surface area contributed by atoms with Crippen molar-refractivity contribution in [2.45, 2.75) is 273 Å². The summed E-state index contributed by atoms with van der Waals surface area (Å²) >= 11 is 1.76. The van der Waals surface area contributed by atoms with E-state index >= 15 is 0 Å². The number of sulfone groups is 1. The molecule has 8 aromatic carbocycles. The van der Waals surface area contributed by atoms with Crippen LogP contribution in [0.3, 0.4) is 0 Å². The molecular weight excluding hydrogens is 1540 g/mol. The second-order valence-corrected chi connectivity index (χ2v) is 44.2. The number of imidazole rings is 2. The Balaban J connectivity index is 0.000000144. The van der Waals surface area contributed by atoms with Crippen LogP contribution in [0, 0.1) is 6.92 Å². The molecule has 2 aliphatic heterocycles. The van der Waals surface area contributed by atoms with Gasteiger partial charge in [0.25, 0.3) is 0 Å². The van der Waals surface area contributed by atoms with E-state index in [1.165, 1.54) is 73.7 Å². The lowest BCUT2D eigenvalue weighted by Gasteiger charge is -2.22. The third-order valence-electron chi connectivity index (χ3n) is 21.6. The van der Waals surface area contributed by atoms with Gasteiger partial charge >= 0.3 is 0 Å². The van der Waals surface area contributed by atoms with E-state index in [1.807, 2.05) is 67.0 Å². The second-order valence-electron chi connectivity index (χ2n) is 41.2. The zero-order valence-corrected chi connectivity index (χ0v) is 79.4. The minimum absolute atomic E-state index is 0.0207. The highest BCUT2D eigenvalue weighted by Crippen LogP contribution is 2.38.